The second kappa shape index (κ2) is 8.09. The molecule has 0 amide bonds. The molecular formula is C13H27NO2S. The lowest BCUT2D eigenvalue weighted by Gasteiger charge is -2.21. The lowest BCUT2D eigenvalue weighted by molar-refractivity contribution is 0.391. The van der Waals surface area contributed by atoms with E-state index in [4.69, 9.17) is 0 Å². The summed E-state index contributed by atoms with van der Waals surface area (Å²) in [6, 6.07) is 0.625. The third-order valence-corrected chi connectivity index (χ3v) is 5.40. The Labute approximate surface area is 106 Å². The van der Waals surface area contributed by atoms with Gasteiger partial charge in [-0.2, -0.15) is 0 Å². The van der Waals surface area contributed by atoms with Gasteiger partial charge in [0.1, 0.15) is 9.84 Å². The zero-order valence-corrected chi connectivity index (χ0v) is 11.9. The van der Waals surface area contributed by atoms with Crippen LogP contribution < -0.4 is 5.32 Å². The van der Waals surface area contributed by atoms with Gasteiger partial charge in [-0.3, -0.25) is 0 Å². The van der Waals surface area contributed by atoms with E-state index in [0.29, 0.717) is 11.8 Å². The van der Waals surface area contributed by atoms with Crippen molar-refractivity contribution in [3.8, 4) is 0 Å². The maximum absolute atomic E-state index is 11.3. The van der Waals surface area contributed by atoms with Crippen LogP contribution in [0.25, 0.3) is 0 Å². The number of nitrogens with one attached hydrogen (secondary N) is 1. The molecule has 1 aliphatic carbocycles. The van der Waals surface area contributed by atoms with Crippen LogP contribution in [0.15, 0.2) is 0 Å². The molecule has 0 saturated heterocycles. The molecule has 0 spiro atoms. The summed E-state index contributed by atoms with van der Waals surface area (Å²) < 4.78 is 22.6. The molecule has 17 heavy (non-hydrogen) atoms. The van der Waals surface area contributed by atoms with Crippen molar-refractivity contribution in [2.75, 3.05) is 18.1 Å². The molecule has 0 atom stereocenters. The first kappa shape index (κ1) is 15.0. The van der Waals surface area contributed by atoms with Gasteiger partial charge in [0.05, 0.1) is 5.75 Å². The monoisotopic (exact) mass is 261 g/mol. The van der Waals surface area contributed by atoms with Gasteiger partial charge in [0.15, 0.2) is 0 Å². The van der Waals surface area contributed by atoms with Gasteiger partial charge in [-0.05, 0) is 25.8 Å². The van der Waals surface area contributed by atoms with Crippen LogP contribution in [0.1, 0.15) is 58.3 Å². The van der Waals surface area contributed by atoms with Crippen molar-refractivity contribution in [3.05, 3.63) is 0 Å². The van der Waals surface area contributed by atoms with E-state index in [1.54, 1.807) is 6.92 Å². The van der Waals surface area contributed by atoms with Crippen molar-refractivity contribution in [1.82, 2.24) is 5.32 Å². The standard InChI is InChI=1S/C13H27NO2S/c1-2-17(15,16)12-8-11-14-13-9-6-4-3-5-7-10-13/h13-14H,2-12H2,1H3. The van der Waals surface area contributed by atoms with E-state index >= 15 is 0 Å². The predicted octanol–water partition coefficient (Wildman–Crippen LogP) is 2.51. The van der Waals surface area contributed by atoms with E-state index in [1.165, 1.54) is 44.9 Å². The fourth-order valence-electron chi connectivity index (χ4n) is 2.40. The summed E-state index contributed by atoms with van der Waals surface area (Å²) in [4.78, 5) is 0. The summed E-state index contributed by atoms with van der Waals surface area (Å²) in [7, 11) is -2.78. The summed E-state index contributed by atoms with van der Waals surface area (Å²) in [5, 5.41) is 3.52. The van der Waals surface area contributed by atoms with Gasteiger partial charge >= 0.3 is 0 Å². The highest BCUT2D eigenvalue weighted by atomic mass is 32.2. The average Bonchev–Trinajstić information content (AvgIpc) is 2.26. The second-order valence-corrected chi connectivity index (χ2v) is 7.56. The maximum Gasteiger partial charge on any atom is 0.150 e. The summed E-state index contributed by atoms with van der Waals surface area (Å²) >= 11 is 0. The van der Waals surface area contributed by atoms with E-state index in [1.807, 2.05) is 0 Å². The summed E-state index contributed by atoms with van der Waals surface area (Å²) in [5.74, 6) is 0.611. The molecule has 0 radical (unpaired) electrons. The van der Waals surface area contributed by atoms with Crippen molar-refractivity contribution in [3.63, 3.8) is 0 Å². The molecule has 4 heteroatoms. The highest BCUT2D eigenvalue weighted by Crippen LogP contribution is 2.16. The van der Waals surface area contributed by atoms with Crippen LogP contribution in [0.2, 0.25) is 0 Å². The lowest BCUT2D eigenvalue weighted by Crippen LogP contribution is -2.31. The van der Waals surface area contributed by atoms with E-state index in [2.05, 4.69) is 5.32 Å². The first-order chi connectivity index (χ1) is 8.14. The number of hydrogen-bond acceptors (Lipinski definition) is 3. The highest BCUT2D eigenvalue weighted by Gasteiger charge is 2.11. The Morgan fingerprint density at radius 3 is 2.24 bits per heavy atom. The molecule has 0 aromatic heterocycles. The van der Waals surface area contributed by atoms with E-state index < -0.39 is 9.84 Å². The van der Waals surface area contributed by atoms with Crippen molar-refractivity contribution in [1.29, 1.82) is 0 Å². The van der Waals surface area contributed by atoms with Gasteiger partial charge in [0.2, 0.25) is 0 Å². The molecular weight excluding hydrogens is 234 g/mol. The molecule has 0 bridgehead atoms. The molecule has 1 fully saturated rings. The summed E-state index contributed by atoms with van der Waals surface area (Å²) in [6.07, 6.45) is 10.1. The van der Waals surface area contributed by atoms with Crippen molar-refractivity contribution < 1.29 is 8.42 Å². The minimum atomic E-state index is -2.78. The third kappa shape index (κ3) is 7.04. The van der Waals surface area contributed by atoms with E-state index in [9.17, 15) is 8.42 Å². The first-order valence-corrected chi connectivity index (χ1v) is 8.90. The van der Waals surface area contributed by atoms with Gasteiger partial charge in [-0.25, -0.2) is 8.42 Å². The van der Waals surface area contributed by atoms with Crippen LogP contribution in [-0.4, -0.2) is 32.5 Å². The third-order valence-electron chi connectivity index (χ3n) is 3.61. The fourth-order valence-corrected chi connectivity index (χ4v) is 3.28. The first-order valence-electron chi connectivity index (χ1n) is 7.08. The minimum absolute atomic E-state index is 0.274. The van der Waals surface area contributed by atoms with Crippen molar-refractivity contribution in [2.45, 2.75) is 64.3 Å². The van der Waals surface area contributed by atoms with E-state index in [-0.39, 0.29) is 5.75 Å². The van der Waals surface area contributed by atoms with Crippen molar-refractivity contribution in [2.24, 2.45) is 0 Å². The molecule has 0 aromatic carbocycles. The topological polar surface area (TPSA) is 46.2 Å². The molecule has 102 valence electrons. The van der Waals surface area contributed by atoms with Crippen LogP contribution in [0.3, 0.4) is 0 Å². The SMILES string of the molecule is CCS(=O)(=O)CCCNC1CCCCCCC1. The Kier molecular flexibility index (Phi) is 7.12. The molecule has 0 aliphatic heterocycles. The number of hydrogen-bond donors (Lipinski definition) is 1. The van der Waals surface area contributed by atoms with Gasteiger partial charge in [0.25, 0.3) is 0 Å². The largest absolute Gasteiger partial charge is 0.314 e. The lowest BCUT2D eigenvalue weighted by atomic mass is 9.97. The summed E-state index contributed by atoms with van der Waals surface area (Å²) in [5.41, 5.74) is 0. The van der Waals surface area contributed by atoms with Crippen LogP contribution in [-0.2, 0) is 9.84 Å². The van der Waals surface area contributed by atoms with Gasteiger partial charge in [0, 0.05) is 11.8 Å². The second-order valence-electron chi connectivity index (χ2n) is 5.09. The predicted molar refractivity (Wildman–Crippen MR) is 73.1 cm³/mol. The molecule has 0 aromatic rings. The zero-order valence-electron chi connectivity index (χ0n) is 11.1. The number of sulfone groups is 1. The van der Waals surface area contributed by atoms with Crippen LogP contribution in [0.5, 0.6) is 0 Å². The Balaban J connectivity index is 2.12. The zero-order chi connectivity index (χ0) is 12.6. The fraction of sp³-hybridized carbons (Fsp3) is 1.00. The van der Waals surface area contributed by atoms with Gasteiger partial charge in [-0.1, -0.05) is 39.0 Å². The highest BCUT2D eigenvalue weighted by molar-refractivity contribution is 7.91. The van der Waals surface area contributed by atoms with Crippen LogP contribution in [0, 0.1) is 0 Å². The molecule has 1 aliphatic rings. The average molecular weight is 261 g/mol. The normalized spacial score (nSPS) is 19.8. The molecule has 1 saturated carbocycles. The van der Waals surface area contributed by atoms with Crippen LogP contribution >= 0.6 is 0 Å². The van der Waals surface area contributed by atoms with Crippen LogP contribution in [0.4, 0.5) is 0 Å². The Hall–Kier alpha value is -0.0900. The smallest absolute Gasteiger partial charge is 0.150 e. The van der Waals surface area contributed by atoms with Crippen molar-refractivity contribution >= 4 is 9.84 Å². The summed E-state index contributed by atoms with van der Waals surface area (Å²) in [6.45, 7) is 2.57. The Morgan fingerprint density at radius 2 is 1.65 bits per heavy atom. The van der Waals surface area contributed by atoms with E-state index in [0.717, 1.165) is 13.0 Å². The number of rotatable bonds is 6. The molecule has 1 rings (SSSR count). The Morgan fingerprint density at radius 1 is 1.06 bits per heavy atom. The molecule has 0 unspecified atom stereocenters. The maximum atomic E-state index is 11.3. The Bertz CT molecular complexity index is 280. The molecule has 1 N–H and O–H groups in total. The minimum Gasteiger partial charge on any atom is -0.314 e. The molecule has 0 heterocycles. The molecule has 3 nitrogen and oxygen atoms in total. The van der Waals surface area contributed by atoms with Gasteiger partial charge < -0.3 is 5.32 Å². The van der Waals surface area contributed by atoms with Gasteiger partial charge in [-0.15, -0.1) is 0 Å². The quantitative estimate of drug-likeness (QED) is 0.747.